The quantitative estimate of drug-likeness (QED) is 0.563. The Bertz CT molecular complexity index is 344. The van der Waals surface area contributed by atoms with Crippen molar-refractivity contribution in [1.29, 1.82) is 5.41 Å². The largest absolute Gasteiger partial charge is 0.417 e. The van der Waals surface area contributed by atoms with Crippen LogP contribution >= 0.6 is 12.4 Å². The van der Waals surface area contributed by atoms with Gasteiger partial charge in [0.1, 0.15) is 5.84 Å². The van der Waals surface area contributed by atoms with Crippen molar-refractivity contribution in [3.05, 3.63) is 35.4 Å². The highest BCUT2D eigenvalue weighted by molar-refractivity contribution is 5.96. The third-order valence-corrected chi connectivity index (χ3v) is 1.52. The van der Waals surface area contributed by atoms with Gasteiger partial charge in [-0.1, -0.05) is 18.2 Å². The zero-order chi connectivity index (χ0) is 10.1. The van der Waals surface area contributed by atoms with Crippen LogP contribution in [-0.2, 0) is 6.18 Å². The van der Waals surface area contributed by atoms with Crippen molar-refractivity contribution in [2.75, 3.05) is 0 Å². The summed E-state index contributed by atoms with van der Waals surface area (Å²) in [7, 11) is 0. The number of rotatable bonds is 1. The molecule has 1 rings (SSSR count). The molecule has 0 aromatic heterocycles. The summed E-state index contributed by atoms with van der Waals surface area (Å²) in [5, 5.41) is 6.93. The van der Waals surface area contributed by atoms with E-state index >= 15 is 0 Å². The van der Waals surface area contributed by atoms with Crippen LogP contribution in [0.15, 0.2) is 24.3 Å². The lowest BCUT2D eigenvalue weighted by atomic mass is 10.1. The van der Waals surface area contributed by atoms with E-state index in [1.54, 1.807) is 0 Å². The summed E-state index contributed by atoms with van der Waals surface area (Å²) in [4.78, 5) is 0. The van der Waals surface area contributed by atoms with Crippen LogP contribution in [0.3, 0.4) is 0 Å². The third kappa shape index (κ3) is 4.47. The number of hydrogen-bond donors (Lipinski definition) is 2. The van der Waals surface area contributed by atoms with Crippen molar-refractivity contribution in [2.24, 2.45) is 5.73 Å². The standard InChI is InChI=1S/C8H7F3N2.ClH.2H2O/c9-8(10,11)6-4-2-1-3-5(6)7(12)13;;;/h1-4H,(H3,12,13);1H;2*1H2. The Morgan fingerprint density at radius 3 is 1.88 bits per heavy atom. The molecule has 8 heteroatoms. The van der Waals surface area contributed by atoms with Crippen LogP contribution in [0, 0.1) is 5.41 Å². The lowest BCUT2D eigenvalue weighted by Gasteiger charge is -2.10. The summed E-state index contributed by atoms with van der Waals surface area (Å²) < 4.78 is 36.8. The van der Waals surface area contributed by atoms with Gasteiger partial charge < -0.3 is 16.7 Å². The molecule has 0 aliphatic carbocycles. The van der Waals surface area contributed by atoms with Crippen molar-refractivity contribution in [3.63, 3.8) is 0 Å². The van der Waals surface area contributed by atoms with E-state index in [1.807, 2.05) is 0 Å². The molecule has 1 aromatic carbocycles. The van der Waals surface area contributed by atoms with Gasteiger partial charge in [-0.15, -0.1) is 12.4 Å². The van der Waals surface area contributed by atoms with E-state index in [0.29, 0.717) is 0 Å². The minimum absolute atomic E-state index is 0. The van der Waals surface area contributed by atoms with E-state index in [4.69, 9.17) is 11.1 Å². The van der Waals surface area contributed by atoms with Crippen LogP contribution in [0.2, 0.25) is 0 Å². The molecule has 4 nitrogen and oxygen atoms in total. The highest BCUT2D eigenvalue weighted by atomic mass is 35.5. The highest BCUT2D eigenvalue weighted by Gasteiger charge is 2.33. The van der Waals surface area contributed by atoms with Crippen molar-refractivity contribution >= 4 is 18.2 Å². The molecule has 0 atom stereocenters. The van der Waals surface area contributed by atoms with Crippen LogP contribution in [0.25, 0.3) is 0 Å². The number of nitrogens with one attached hydrogen (secondary N) is 1. The van der Waals surface area contributed by atoms with E-state index in [1.165, 1.54) is 18.2 Å². The average molecular weight is 261 g/mol. The first kappa shape index (κ1) is 20.1. The fraction of sp³-hybridized carbons (Fsp3) is 0.125. The lowest BCUT2D eigenvalue weighted by Crippen LogP contribution is -2.18. The van der Waals surface area contributed by atoms with E-state index in [-0.39, 0.29) is 28.9 Å². The number of halogens is 4. The molecule has 16 heavy (non-hydrogen) atoms. The van der Waals surface area contributed by atoms with Crippen molar-refractivity contribution < 1.29 is 24.1 Å². The first-order valence-electron chi connectivity index (χ1n) is 3.43. The maximum absolute atomic E-state index is 12.3. The summed E-state index contributed by atoms with van der Waals surface area (Å²) in [5.74, 6) is -0.576. The summed E-state index contributed by atoms with van der Waals surface area (Å²) in [6.45, 7) is 0. The fourth-order valence-corrected chi connectivity index (χ4v) is 0.965. The second kappa shape index (κ2) is 7.04. The minimum Gasteiger partial charge on any atom is -0.412 e. The molecule has 0 fully saturated rings. The van der Waals surface area contributed by atoms with Gasteiger partial charge in [-0.3, -0.25) is 5.41 Å². The Morgan fingerprint density at radius 2 is 1.56 bits per heavy atom. The minimum atomic E-state index is -4.46. The predicted octanol–water partition coefficient (Wildman–Crippen LogP) is 0.762. The molecular weight excluding hydrogens is 249 g/mol. The number of alkyl halides is 3. The molecule has 0 spiro atoms. The number of nitrogen functional groups attached to an aromatic ring is 1. The second-order valence-electron chi connectivity index (χ2n) is 2.46. The smallest absolute Gasteiger partial charge is 0.412 e. The third-order valence-electron chi connectivity index (χ3n) is 1.52. The van der Waals surface area contributed by atoms with E-state index in [0.717, 1.165) is 6.07 Å². The summed E-state index contributed by atoms with van der Waals surface area (Å²) >= 11 is 0. The number of amidine groups is 1. The van der Waals surface area contributed by atoms with E-state index < -0.39 is 17.6 Å². The SMILES string of the molecule is Cl.N=C(N)c1ccccc1C(F)(F)F.O.O. The summed E-state index contributed by atoms with van der Waals surface area (Å²) in [6.07, 6.45) is -4.46. The molecule has 0 saturated carbocycles. The average Bonchev–Trinajstić information content (AvgIpc) is 2.03. The van der Waals surface area contributed by atoms with Crippen molar-refractivity contribution in [3.8, 4) is 0 Å². The molecular formula is C8H12ClF3N2O2. The Balaban J connectivity index is -0.000000563. The summed E-state index contributed by atoms with van der Waals surface area (Å²) in [5.41, 5.74) is 3.84. The van der Waals surface area contributed by atoms with Gasteiger partial charge in [0, 0.05) is 5.56 Å². The maximum atomic E-state index is 12.3. The van der Waals surface area contributed by atoms with Gasteiger partial charge in [0.25, 0.3) is 0 Å². The second-order valence-corrected chi connectivity index (χ2v) is 2.46. The molecule has 0 saturated heterocycles. The first-order chi connectivity index (χ1) is 5.93. The van der Waals surface area contributed by atoms with Gasteiger partial charge in [-0.05, 0) is 6.07 Å². The molecule has 7 N–H and O–H groups in total. The maximum Gasteiger partial charge on any atom is 0.417 e. The van der Waals surface area contributed by atoms with E-state index in [9.17, 15) is 13.2 Å². The molecule has 1 aromatic rings. The lowest BCUT2D eigenvalue weighted by molar-refractivity contribution is -0.137. The van der Waals surface area contributed by atoms with Crippen LogP contribution in [0.5, 0.6) is 0 Å². The van der Waals surface area contributed by atoms with Gasteiger partial charge >= 0.3 is 6.18 Å². The Morgan fingerprint density at radius 1 is 1.12 bits per heavy atom. The zero-order valence-corrected chi connectivity index (χ0v) is 8.75. The topological polar surface area (TPSA) is 113 Å². The zero-order valence-electron chi connectivity index (χ0n) is 7.93. The van der Waals surface area contributed by atoms with Gasteiger partial charge in [-0.25, -0.2) is 0 Å². The van der Waals surface area contributed by atoms with Gasteiger partial charge in [0.05, 0.1) is 5.56 Å². The molecule has 0 aliphatic heterocycles. The van der Waals surface area contributed by atoms with Crippen molar-refractivity contribution in [2.45, 2.75) is 6.18 Å². The molecule has 0 heterocycles. The molecule has 0 radical (unpaired) electrons. The Hall–Kier alpha value is -1.31. The Kier molecular flexibility index (Phi) is 8.87. The van der Waals surface area contributed by atoms with Gasteiger partial charge in [0.15, 0.2) is 0 Å². The Labute approximate surface area is 95.8 Å². The molecule has 0 amide bonds. The molecule has 94 valence electrons. The van der Waals surface area contributed by atoms with Crippen LogP contribution in [-0.4, -0.2) is 16.8 Å². The van der Waals surface area contributed by atoms with Crippen LogP contribution in [0.4, 0.5) is 13.2 Å². The van der Waals surface area contributed by atoms with Crippen molar-refractivity contribution in [1.82, 2.24) is 0 Å². The van der Waals surface area contributed by atoms with Crippen LogP contribution < -0.4 is 5.73 Å². The van der Waals surface area contributed by atoms with Gasteiger partial charge in [0.2, 0.25) is 0 Å². The monoisotopic (exact) mass is 260 g/mol. The molecule has 0 aliphatic rings. The normalized spacial score (nSPS) is 9.19. The first-order valence-corrected chi connectivity index (χ1v) is 3.43. The van der Waals surface area contributed by atoms with Crippen LogP contribution in [0.1, 0.15) is 11.1 Å². The number of hydrogen-bond acceptors (Lipinski definition) is 1. The molecule has 0 bridgehead atoms. The van der Waals surface area contributed by atoms with Gasteiger partial charge in [-0.2, -0.15) is 13.2 Å². The highest BCUT2D eigenvalue weighted by Crippen LogP contribution is 2.31. The van der Waals surface area contributed by atoms with E-state index in [2.05, 4.69) is 0 Å². The summed E-state index contributed by atoms with van der Waals surface area (Å²) in [6, 6.07) is 4.74. The number of benzene rings is 1. The molecule has 0 unspecified atom stereocenters. The fourth-order valence-electron chi connectivity index (χ4n) is 0.965. The number of nitrogens with two attached hydrogens (primary N) is 1. The predicted molar refractivity (Wildman–Crippen MR) is 56.9 cm³/mol.